The lowest BCUT2D eigenvalue weighted by Crippen LogP contribution is -2.28. The topological polar surface area (TPSA) is 86.0 Å². The number of fused-ring (bicyclic) bond motifs is 1. The quantitative estimate of drug-likeness (QED) is 0.522. The molecule has 0 bridgehead atoms. The maximum atomic E-state index is 11.0. The molecule has 0 saturated carbocycles. The second-order valence-electron chi connectivity index (χ2n) is 3.09. The van der Waals surface area contributed by atoms with Gasteiger partial charge < -0.3 is 15.1 Å². The van der Waals surface area contributed by atoms with Gasteiger partial charge in [0, 0.05) is 6.07 Å². The van der Waals surface area contributed by atoms with Gasteiger partial charge in [0.1, 0.15) is 5.75 Å². The number of rotatable bonds is 0. The highest BCUT2D eigenvalue weighted by molar-refractivity contribution is 5.76. The number of aromatic amines is 2. The van der Waals surface area contributed by atoms with Crippen LogP contribution in [0.2, 0.25) is 0 Å². The van der Waals surface area contributed by atoms with Gasteiger partial charge in [0.15, 0.2) is 0 Å². The summed E-state index contributed by atoms with van der Waals surface area (Å²) in [5.41, 5.74) is 0.145. The number of aromatic hydroxyl groups is 1. The molecule has 0 amide bonds. The molecule has 0 radical (unpaired) electrons. The normalized spacial score (nSPS) is 10.6. The predicted octanol–water partition coefficient (Wildman–Crippen LogP) is 0.230. The van der Waals surface area contributed by atoms with Crippen LogP contribution in [0.1, 0.15) is 5.56 Å². The Hall–Kier alpha value is -2.04. The van der Waals surface area contributed by atoms with Gasteiger partial charge >= 0.3 is 11.1 Å². The third-order valence-corrected chi connectivity index (χ3v) is 2.04. The van der Waals surface area contributed by atoms with E-state index in [1.165, 1.54) is 6.07 Å². The van der Waals surface area contributed by atoms with Crippen LogP contribution in [0.3, 0.4) is 0 Å². The van der Waals surface area contributed by atoms with Crippen LogP contribution >= 0.6 is 0 Å². The Morgan fingerprint density at radius 2 is 1.57 bits per heavy atom. The molecule has 5 nitrogen and oxygen atoms in total. The van der Waals surface area contributed by atoms with Crippen LogP contribution in [0.25, 0.3) is 11.0 Å². The van der Waals surface area contributed by atoms with Crippen molar-refractivity contribution in [2.24, 2.45) is 0 Å². The summed E-state index contributed by atoms with van der Waals surface area (Å²) in [6.45, 7) is 1.71. The first-order valence-electron chi connectivity index (χ1n) is 4.04. The summed E-state index contributed by atoms with van der Waals surface area (Å²) < 4.78 is 0. The third kappa shape index (κ3) is 1.19. The van der Waals surface area contributed by atoms with Crippen LogP contribution in [0.5, 0.6) is 5.75 Å². The molecular weight excluding hydrogens is 184 g/mol. The predicted molar refractivity (Wildman–Crippen MR) is 51.6 cm³/mol. The van der Waals surface area contributed by atoms with Gasteiger partial charge in [-0.1, -0.05) is 0 Å². The second-order valence-corrected chi connectivity index (χ2v) is 3.09. The molecule has 0 aliphatic heterocycles. The van der Waals surface area contributed by atoms with Crippen LogP contribution < -0.4 is 11.1 Å². The van der Waals surface area contributed by atoms with Crippen LogP contribution in [-0.4, -0.2) is 15.1 Å². The van der Waals surface area contributed by atoms with Gasteiger partial charge in [-0.3, -0.25) is 9.59 Å². The molecule has 1 heterocycles. The molecule has 2 rings (SSSR count). The van der Waals surface area contributed by atoms with Crippen molar-refractivity contribution in [3.8, 4) is 5.75 Å². The fraction of sp³-hybridized carbons (Fsp3) is 0.111. The molecule has 3 N–H and O–H groups in total. The van der Waals surface area contributed by atoms with E-state index in [1.54, 1.807) is 13.0 Å². The summed E-state index contributed by atoms with van der Waals surface area (Å²) >= 11 is 0. The first kappa shape index (κ1) is 8.55. The first-order chi connectivity index (χ1) is 6.58. The smallest absolute Gasteiger partial charge is 0.314 e. The Labute approximate surface area is 78.0 Å². The average Bonchev–Trinajstić information content (AvgIpc) is 2.11. The lowest BCUT2D eigenvalue weighted by Gasteiger charge is -2.01. The molecular formula is C9H8N2O3. The molecule has 5 heteroatoms. The zero-order chi connectivity index (χ0) is 10.3. The van der Waals surface area contributed by atoms with Crippen LogP contribution in [0.4, 0.5) is 0 Å². The lowest BCUT2D eigenvalue weighted by molar-refractivity contribution is 0.472. The second kappa shape index (κ2) is 2.73. The van der Waals surface area contributed by atoms with E-state index in [0.717, 1.165) is 0 Å². The summed E-state index contributed by atoms with van der Waals surface area (Å²) in [4.78, 5) is 26.7. The first-order valence-corrected chi connectivity index (χ1v) is 4.04. The highest BCUT2D eigenvalue weighted by Crippen LogP contribution is 2.19. The molecule has 0 unspecified atom stereocenters. The minimum absolute atomic E-state index is 0.0835. The van der Waals surface area contributed by atoms with Crippen molar-refractivity contribution in [3.63, 3.8) is 0 Å². The average molecular weight is 192 g/mol. The highest BCUT2D eigenvalue weighted by atomic mass is 16.3. The Morgan fingerprint density at radius 3 is 2.14 bits per heavy atom. The summed E-state index contributed by atoms with van der Waals surface area (Å²) in [5, 5.41) is 9.36. The zero-order valence-corrected chi connectivity index (χ0v) is 7.42. The van der Waals surface area contributed by atoms with E-state index >= 15 is 0 Å². The number of aryl methyl sites for hydroxylation is 1. The van der Waals surface area contributed by atoms with E-state index in [2.05, 4.69) is 9.97 Å². The van der Waals surface area contributed by atoms with Crippen molar-refractivity contribution in [1.29, 1.82) is 0 Å². The standard InChI is InChI=1S/C9H8N2O3/c1-4-2-5-6(3-7(4)12)11-9(14)8(13)10-5/h2-3,12H,1H3,(H,10,13)(H,11,14). The maximum Gasteiger partial charge on any atom is 0.314 e. The van der Waals surface area contributed by atoms with Gasteiger partial charge in [-0.25, -0.2) is 0 Å². The number of hydrogen-bond acceptors (Lipinski definition) is 3. The molecule has 72 valence electrons. The van der Waals surface area contributed by atoms with Crippen molar-refractivity contribution >= 4 is 11.0 Å². The van der Waals surface area contributed by atoms with Crippen molar-refractivity contribution in [2.45, 2.75) is 6.92 Å². The van der Waals surface area contributed by atoms with E-state index in [9.17, 15) is 14.7 Å². The monoisotopic (exact) mass is 192 g/mol. The van der Waals surface area contributed by atoms with Crippen LogP contribution in [-0.2, 0) is 0 Å². The number of phenols is 1. The van der Waals surface area contributed by atoms with Crippen molar-refractivity contribution < 1.29 is 5.11 Å². The molecule has 2 aromatic rings. The van der Waals surface area contributed by atoms with Crippen molar-refractivity contribution in [1.82, 2.24) is 9.97 Å². The minimum Gasteiger partial charge on any atom is -0.508 e. The molecule has 0 saturated heterocycles. The molecule has 0 spiro atoms. The lowest BCUT2D eigenvalue weighted by atomic mass is 10.2. The van der Waals surface area contributed by atoms with Gasteiger partial charge in [-0.05, 0) is 18.6 Å². The molecule has 1 aromatic heterocycles. The SMILES string of the molecule is Cc1cc2[nH]c(=O)c(=O)[nH]c2cc1O. The summed E-state index contributed by atoms with van der Waals surface area (Å²) in [6.07, 6.45) is 0. The number of benzene rings is 1. The number of aromatic nitrogens is 2. The van der Waals surface area contributed by atoms with E-state index in [0.29, 0.717) is 16.6 Å². The Morgan fingerprint density at radius 1 is 1.07 bits per heavy atom. The molecule has 0 atom stereocenters. The fourth-order valence-electron chi connectivity index (χ4n) is 1.26. The van der Waals surface area contributed by atoms with Gasteiger partial charge in [0.2, 0.25) is 0 Å². The highest BCUT2D eigenvalue weighted by Gasteiger charge is 2.02. The maximum absolute atomic E-state index is 11.0. The van der Waals surface area contributed by atoms with E-state index in [-0.39, 0.29) is 5.75 Å². The molecule has 0 fully saturated rings. The number of hydrogen-bond donors (Lipinski definition) is 3. The largest absolute Gasteiger partial charge is 0.508 e. The Balaban J connectivity index is 2.97. The Kier molecular flexibility index (Phi) is 1.67. The van der Waals surface area contributed by atoms with Crippen LogP contribution in [0, 0.1) is 6.92 Å². The zero-order valence-electron chi connectivity index (χ0n) is 7.42. The summed E-state index contributed by atoms with van der Waals surface area (Å²) in [6, 6.07) is 3.00. The van der Waals surface area contributed by atoms with Crippen LogP contribution in [0.15, 0.2) is 21.7 Å². The molecule has 0 aliphatic carbocycles. The minimum atomic E-state index is -0.722. The third-order valence-electron chi connectivity index (χ3n) is 2.04. The fourth-order valence-corrected chi connectivity index (χ4v) is 1.26. The number of nitrogens with one attached hydrogen (secondary N) is 2. The molecule has 0 aliphatic rings. The molecule has 14 heavy (non-hydrogen) atoms. The van der Waals surface area contributed by atoms with Crippen molar-refractivity contribution in [2.75, 3.05) is 0 Å². The van der Waals surface area contributed by atoms with Gasteiger partial charge in [0.25, 0.3) is 0 Å². The summed E-state index contributed by atoms with van der Waals surface area (Å²) in [7, 11) is 0. The number of H-pyrrole nitrogens is 2. The van der Waals surface area contributed by atoms with Crippen molar-refractivity contribution in [3.05, 3.63) is 38.4 Å². The molecule has 1 aromatic carbocycles. The van der Waals surface area contributed by atoms with E-state index < -0.39 is 11.1 Å². The summed E-state index contributed by atoms with van der Waals surface area (Å²) in [5.74, 6) is 0.0835. The van der Waals surface area contributed by atoms with Gasteiger partial charge in [-0.2, -0.15) is 0 Å². The van der Waals surface area contributed by atoms with Gasteiger partial charge in [-0.15, -0.1) is 0 Å². The van der Waals surface area contributed by atoms with E-state index in [4.69, 9.17) is 0 Å². The number of phenolic OH excluding ortho intramolecular Hbond substituents is 1. The van der Waals surface area contributed by atoms with E-state index in [1.807, 2.05) is 0 Å². The van der Waals surface area contributed by atoms with Gasteiger partial charge in [0.05, 0.1) is 11.0 Å². The Bertz CT molecular complexity index is 555.